The van der Waals surface area contributed by atoms with Gasteiger partial charge in [-0.1, -0.05) is 0 Å². The predicted octanol–water partition coefficient (Wildman–Crippen LogP) is 1.56. The van der Waals surface area contributed by atoms with Crippen LogP contribution in [0.2, 0.25) is 0 Å². The summed E-state index contributed by atoms with van der Waals surface area (Å²) in [7, 11) is 0. The maximum atomic E-state index is 13.0. The average molecular weight is 195 g/mol. The molecule has 0 unspecified atom stereocenters. The van der Waals surface area contributed by atoms with E-state index in [4.69, 9.17) is 5.11 Å². The number of anilines is 1. The maximum absolute atomic E-state index is 13.0. The molecule has 2 rings (SSSR count). The van der Waals surface area contributed by atoms with Crippen molar-refractivity contribution in [3.8, 4) is 0 Å². The van der Waals surface area contributed by atoms with E-state index < -0.39 is 12.0 Å². The fraction of sp³-hybridized carbons (Fsp3) is 0.300. The van der Waals surface area contributed by atoms with Crippen LogP contribution in [0.1, 0.15) is 11.1 Å². The number of halogens is 1. The van der Waals surface area contributed by atoms with Gasteiger partial charge in [0.25, 0.3) is 0 Å². The molecule has 0 bridgehead atoms. The molecule has 0 aliphatic carbocycles. The van der Waals surface area contributed by atoms with Crippen LogP contribution in [0, 0.1) is 12.7 Å². The second-order valence-corrected chi connectivity index (χ2v) is 3.49. The van der Waals surface area contributed by atoms with Gasteiger partial charge in [-0.3, -0.25) is 0 Å². The molecule has 1 aromatic carbocycles. The normalized spacial score (nSPS) is 18.9. The lowest BCUT2D eigenvalue weighted by molar-refractivity contribution is -0.137. The first kappa shape index (κ1) is 8.99. The van der Waals surface area contributed by atoms with E-state index in [2.05, 4.69) is 5.32 Å². The second kappa shape index (κ2) is 2.97. The number of hydrogen-bond donors (Lipinski definition) is 2. The first-order valence-corrected chi connectivity index (χ1v) is 4.36. The third-order valence-corrected chi connectivity index (χ3v) is 2.47. The van der Waals surface area contributed by atoms with E-state index in [9.17, 15) is 9.18 Å². The van der Waals surface area contributed by atoms with Crippen LogP contribution in [-0.2, 0) is 11.2 Å². The first-order valence-electron chi connectivity index (χ1n) is 4.36. The van der Waals surface area contributed by atoms with E-state index in [1.807, 2.05) is 0 Å². The van der Waals surface area contributed by atoms with Gasteiger partial charge in [-0.2, -0.15) is 0 Å². The van der Waals surface area contributed by atoms with Gasteiger partial charge in [0.05, 0.1) is 0 Å². The van der Waals surface area contributed by atoms with Crippen LogP contribution in [0.3, 0.4) is 0 Å². The van der Waals surface area contributed by atoms with E-state index in [1.54, 1.807) is 6.92 Å². The van der Waals surface area contributed by atoms with Crippen molar-refractivity contribution < 1.29 is 14.3 Å². The van der Waals surface area contributed by atoms with Gasteiger partial charge in [0.15, 0.2) is 0 Å². The Bertz CT molecular complexity index is 403. The Labute approximate surface area is 80.6 Å². The van der Waals surface area contributed by atoms with Gasteiger partial charge < -0.3 is 10.4 Å². The lowest BCUT2D eigenvalue weighted by Gasteiger charge is -2.03. The van der Waals surface area contributed by atoms with E-state index >= 15 is 0 Å². The summed E-state index contributed by atoms with van der Waals surface area (Å²) in [4.78, 5) is 10.7. The first-order chi connectivity index (χ1) is 6.58. The molecule has 0 radical (unpaired) electrons. The molecule has 0 spiro atoms. The van der Waals surface area contributed by atoms with Crippen LogP contribution in [0.25, 0.3) is 0 Å². The number of rotatable bonds is 1. The highest BCUT2D eigenvalue weighted by molar-refractivity contribution is 5.81. The van der Waals surface area contributed by atoms with Crippen LogP contribution in [0.5, 0.6) is 0 Å². The highest BCUT2D eigenvalue weighted by atomic mass is 19.1. The summed E-state index contributed by atoms with van der Waals surface area (Å²) in [5, 5.41) is 11.6. The number of carbonyl (C=O) groups is 1. The largest absolute Gasteiger partial charge is 0.480 e. The zero-order valence-corrected chi connectivity index (χ0v) is 7.67. The minimum absolute atomic E-state index is 0.334. The minimum Gasteiger partial charge on any atom is -0.480 e. The van der Waals surface area contributed by atoms with Gasteiger partial charge in [0, 0.05) is 12.1 Å². The lowest BCUT2D eigenvalue weighted by atomic mass is 10.0. The zero-order valence-electron chi connectivity index (χ0n) is 7.67. The van der Waals surface area contributed by atoms with Crippen molar-refractivity contribution in [1.29, 1.82) is 0 Å². The summed E-state index contributed by atoms with van der Waals surface area (Å²) in [6.45, 7) is 1.79. The molecule has 3 nitrogen and oxygen atoms in total. The number of benzene rings is 1. The molecule has 74 valence electrons. The van der Waals surface area contributed by atoms with Gasteiger partial charge in [-0.15, -0.1) is 0 Å². The van der Waals surface area contributed by atoms with E-state index in [-0.39, 0.29) is 5.82 Å². The quantitative estimate of drug-likeness (QED) is 0.714. The third kappa shape index (κ3) is 1.32. The van der Waals surface area contributed by atoms with Gasteiger partial charge in [0.1, 0.15) is 11.9 Å². The Morgan fingerprint density at radius 1 is 1.64 bits per heavy atom. The fourth-order valence-electron chi connectivity index (χ4n) is 1.76. The molecule has 4 heteroatoms. The molecular formula is C10H10FNO2. The summed E-state index contributed by atoms with van der Waals surface area (Å²) >= 11 is 0. The van der Waals surface area contributed by atoms with E-state index in [0.29, 0.717) is 12.1 Å². The number of nitrogens with one attached hydrogen (secondary N) is 1. The Balaban J connectivity index is 2.39. The summed E-state index contributed by atoms with van der Waals surface area (Å²) in [5.41, 5.74) is 2.31. The average Bonchev–Trinajstić information content (AvgIpc) is 2.47. The third-order valence-electron chi connectivity index (χ3n) is 2.47. The molecule has 2 N–H and O–H groups in total. The van der Waals surface area contributed by atoms with Crippen molar-refractivity contribution in [2.24, 2.45) is 0 Å². The Morgan fingerprint density at radius 2 is 2.36 bits per heavy atom. The van der Waals surface area contributed by atoms with Crippen LogP contribution in [-0.4, -0.2) is 17.1 Å². The van der Waals surface area contributed by atoms with Crippen LogP contribution >= 0.6 is 0 Å². The number of aliphatic carboxylic acids is 1. The van der Waals surface area contributed by atoms with Crippen LogP contribution in [0.4, 0.5) is 10.1 Å². The van der Waals surface area contributed by atoms with Crippen molar-refractivity contribution in [3.05, 3.63) is 29.1 Å². The van der Waals surface area contributed by atoms with Gasteiger partial charge in [-0.25, -0.2) is 9.18 Å². The molecule has 0 saturated heterocycles. The molecule has 0 amide bonds. The van der Waals surface area contributed by atoms with Gasteiger partial charge in [0.2, 0.25) is 0 Å². The number of carboxylic acids is 1. The fourth-order valence-corrected chi connectivity index (χ4v) is 1.76. The van der Waals surface area contributed by atoms with Crippen molar-refractivity contribution in [3.63, 3.8) is 0 Å². The molecule has 14 heavy (non-hydrogen) atoms. The monoisotopic (exact) mass is 195 g/mol. The van der Waals surface area contributed by atoms with Gasteiger partial charge >= 0.3 is 5.97 Å². The number of fused-ring (bicyclic) bond motifs is 1. The number of aryl methyl sites for hydroxylation is 1. The van der Waals surface area contributed by atoms with Crippen LogP contribution in [0.15, 0.2) is 12.1 Å². The summed E-state index contributed by atoms with van der Waals surface area (Å²) in [6, 6.07) is 2.14. The zero-order chi connectivity index (χ0) is 10.3. The Morgan fingerprint density at radius 3 is 3.00 bits per heavy atom. The second-order valence-electron chi connectivity index (χ2n) is 3.49. The standard InChI is InChI=1S/C10H10FNO2/c1-5-2-6(11)3-8-7(5)4-9(12-8)10(13)14/h2-3,9,12H,4H2,1H3,(H,13,14)/t9-/m0/s1. The van der Waals surface area contributed by atoms with Crippen molar-refractivity contribution in [2.45, 2.75) is 19.4 Å². The molecule has 0 aromatic heterocycles. The minimum atomic E-state index is -0.902. The van der Waals surface area contributed by atoms with E-state index in [0.717, 1.165) is 11.1 Å². The molecule has 0 saturated carbocycles. The molecule has 1 aliphatic rings. The number of carboxylic acid groups (broad SMARTS) is 1. The Kier molecular flexibility index (Phi) is 1.91. The predicted molar refractivity (Wildman–Crippen MR) is 49.9 cm³/mol. The smallest absolute Gasteiger partial charge is 0.326 e. The summed E-state index contributed by atoms with van der Waals surface area (Å²) in [5.74, 6) is -1.24. The summed E-state index contributed by atoms with van der Waals surface area (Å²) < 4.78 is 13.0. The summed E-state index contributed by atoms with van der Waals surface area (Å²) in [6.07, 6.45) is 0.427. The highest BCUT2D eigenvalue weighted by Crippen LogP contribution is 2.29. The van der Waals surface area contributed by atoms with Crippen LogP contribution < -0.4 is 5.32 Å². The Hall–Kier alpha value is -1.58. The van der Waals surface area contributed by atoms with E-state index in [1.165, 1.54) is 12.1 Å². The maximum Gasteiger partial charge on any atom is 0.326 e. The molecule has 1 atom stereocenters. The molecule has 0 fully saturated rings. The highest BCUT2D eigenvalue weighted by Gasteiger charge is 2.27. The molecular weight excluding hydrogens is 185 g/mol. The van der Waals surface area contributed by atoms with Crippen molar-refractivity contribution in [1.82, 2.24) is 0 Å². The van der Waals surface area contributed by atoms with Gasteiger partial charge in [-0.05, 0) is 30.2 Å². The molecule has 1 aliphatic heterocycles. The number of hydrogen-bond acceptors (Lipinski definition) is 2. The molecule has 1 aromatic rings. The molecule has 1 heterocycles. The van der Waals surface area contributed by atoms with Crippen molar-refractivity contribution in [2.75, 3.05) is 5.32 Å². The topological polar surface area (TPSA) is 49.3 Å². The SMILES string of the molecule is Cc1cc(F)cc2c1C[C@@H](C(=O)O)N2. The van der Waals surface area contributed by atoms with Crippen molar-refractivity contribution >= 4 is 11.7 Å². The lowest BCUT2D eigenvalue weighted by Crippen LogP contribution is -2.26.